The van der Waals surface area contributed by atoms with E-state index in [2.05, 4.69) is 10.0 Å². The Morgan fingerprint density at radius 3 is 2.40 bits per heavy atom. The molecule has 2 rings (SSSR count). The first-order chi connectivity index (χ1) is 11.8. The van der Waals surface area contributed by atoms with E-state index in [1.165, 1.54) is 12.1 Å². The zero-order valence-electron chi connectivity index (χ0n) is 14.7. The molecule has 6 heteroatoms. The highest BCUT2D eigenvalue weighted by molar-refractivity contribution is 7.89. The number of carbonyl (C=O) groups is 1. The van der Waals surface area contributed by atoms with E-state index in [-0.39, 0.29) is 17.3 Å². The van der Waals surface area contributed by atoms with Crippen molar-refractivity contribution in [1.82, 2.24) is 10.0 Å². The summed E-state index contributed by atoms with van der Waals surface area (Å²) in [6, 6.07) is 13.7. The Morgan fingerprint density at radius 2 is 1.76 bits per heavy atom. The lowest BCUT2D eigenvalue weighted by Gasteiger charge is -2.10. The molecule has 0 bridgehead atoms. The van der Waals surface area contributed by atoms with Gasteiger partial charge in [0.2, 0.25) is 10.0 Å². The van der Waals surface area contributed by atoms with Crippen LogP contribution in [0.4, 0.5) is 0 Å². The molecule has 2 aromatic rings. The maximum Gasteiger partial charge on any atom is 0.251 e. The van der Waals surface area contributed by atoms with Crippen molar-refractivity contribution >= 4 is 15.9 Å². The molecular weight excluding hydrogens is 336 g/mol. The topological polar surface area (TPSA) is 75.3 Å². The molecule has 0 saturated heterocycles. The Hall–Kier alpha value is -2.18. The standard InChI is InChI=1S/C19H24N2O3S/c1-14(2)12-20-19(22)17-5-4-6-18(11-17)25(23,24)21-13-16-9-7-15(3)8-10-16/h4-11,14,21H,12-13H2,1-3H3,(H,20,22). The van der Waals surface area contributed by atoms with Gasteiger partial charge in [0.1, 0.15) is 0 Å². The molecule has 0 fully saturated rings. The number of benzene rings is 2. The Labute approximate surface area is 149 Å². The molecule has 0 radical (unpaired) electrons. The number of carbonyl (C=O) groups excluding carboxylic acids is 1. The van der Waals surface area contributed by atoms with Crippen molar-refractivity contribution in [3.8, 4) is 0 Å². The first-order valence-corrected chi connectivity index (χ1v) is 9.70. The molecule has 0 heterocycles. The molecule has 0 aliphatic rings. The van der Waals surface area contributed by atoms with Crippen LogP contribution < -0.4 is 10.0 Å². The molecule has 0 atom stereocenters. The fourth-order valence-corrected chi connectivity index (χ4v) is 3.23. The lowest BCUT2D eigenvalue weighted by atomic mass is 10.2. The van der Waals surface area contributed by atoms with Gasteiger partial charge in [0.25, 0.3) is 5.91 Å². The second-order valence-corrected chi connectivity index (χ2v) is 8.21. The maximum atomic E-state index is 12.5. The summed E-state index contributed by atoms with van der Waals surface area (Å²) in [6.07, 6.45) is 0. The summed E-state index contributed by atoms with van der Waals surface area (Å²) in [6.45, 7) is 6.71. The van der Waals surface area contributed by atoms with E-state index < -0.39 is 10.0 Å². The molecule has 0 aliphatic heterocycles. The first kappa shape index (κ1) is 19.1. The highest BCUT2D eigenvalue weighted by atomic mass is 32.2. The Bertz CT molecular complexity index is 828. The van der Waals surface area contributed by atoms with Gasteiger partial charge in [0.05, 0.1) is 4.90 Å². The van der Waals surface area contributed by atoms with Gasteiger partial charge in [-0.05, 0) is 36.6 Å². The fraction of sp³-hybridized carbons (Fsp3) is 0.316. The van der Waals surface area contributed by atoms with Gasteiger partial charge in [-0.1, -0.05) is 49.7 Å². The van der Waals surface area contributed by atoms with Crippen molar-refractivity contribution in [3.05, 3.63) is 65.2 Å². The highest BCUT2D eigenvalue weighted by Gasteiger charge is 2.16. The summed E-state index contributed by atoms with van der Waals surface area (Å²) in [5.41, 5.74) is 2.32. The summed E-state index contributed by atoms with van der Waals surface area (Å²) in [7, 11) is -3.69. The summed E-state index contributed by atoms with van der Waals surface area (Å²) in [5, 5.41) is 2.79. The van der Waals surface area contributed by atoms with Crippen LogP contribution in [0.15, 0.2) is 53.4 Å². The van der Waals surface area contributed by atoms with Crippen molar-refractivity contribution in [2.24, 2.45) is 5.92 Å². The van der Waals surface area contributed by atoms with Crippen molar-refractivity contribution in [1.29, 1.82) is 0 Å². The molecule has 134 valence electrons. The maximum absolute atomic E-state index is 12.5. The zero-order valence-corrected chi connectivity index (χ0v) is 15.6. The van der Waals surface area contributed by atoms with E-state index in [0.29, 0.717) is 18.0 Å². The number of rotatable bonds is 7. The lowest BCUT2D eigenvalue weighted by Crippen LogP contribution is -2.28. The first-order valence-electron chi connectivity index (χ1n) is 8.21. The van der Waals surface area contributed by atoms with Crippen LogP contribution in [0.5, 0.6) is 0 Å². The van der Waals surface area contributed by atoms with Crippen molar-refractivity contribution < 1.29 is 13.2 Å². The smallest absolute Gasteiger partial charge is 0.251 e. The van der Waals surface area contributed by atoms with Crippen molar-refractivity contribution in [2.45, 2.75) is 32.2 Å². The minimum atomic E-state index is -3.69. The van der Waals surface area contributed by atoms with Crippen LogP contribution in [0.2, 0.25) is 0 Å². The van der Waals surface area contributed by atoms with Gasteiger partial charge in [-0.25, -0.2) is 13.1 Å². The van der Waals surface area contributed by atoms with Crippen LogP contribution in [0.25, 0.3) is 0 Å². The van der Waals surface area contributed by atoms with E-state index in [4.69, 9.17) is 0 Å². The largest absolute Gasteiger partial charge is 0.352 e. The van der Waals surface area contributed by atoms with Crippen LogP contribution in [0, 0.1) is 12.8 Å². The van der Waals surface area contributed by atoms with Crippen LogP contribution in [0.3, 0.4) is 0 Å². The molecule has 5 nitrogen and oxygen atoms in total. The third kappa shape index (κ3) is 5.69. The van der Waals surface area contributed by atoms with E-state index >= 15 is 0 Å². The molecule has 0 aromatic heterocycles. The lowest BCUT2D eigenvalue weighted by molar-refractivity contribution is 0.0949. The van der Waals surface area contributed by atoms with E-state index in [1.54, 1.807) is 12.1 Å². The molecular formula is C19H24N2O3S. The molecule has 25 heavy (non-hydrogen) atoms. The molecule has 2 N–H and O–H groups in total. The molecule has 2 aromatic carbocycles. The van der Waals surface area contributed by atoms with Crippen LogP contribution in [-0.2, 0) is 16.6 Å². The quantitative estimate of drug-likeness (QED) is 0.797. The minimum Gasteiger partial charge on any atom is -0.352 e. The second kappa shape index (κ2) is 8.27. The van der Waals surface area contributed by atoms with Gasteiger partial charge < -0.3 is 5.32 Å². The third-order valence-corrected chi connectivity index (χ3v) is 5.06. The second-order valence-electron chi connectivity index (χ2n) is 6.44. The van der Waals surface area contributed by atoms with Gasteiger partial charge >= 0.3 is 0 Å². The Balaban J connectivity index is 2.09. The van der Waals surface area contributed by atoms with Gasteiger partial charge in [-0.3, -0.25) is 4.79 Å². The fourth-order valence-electron chi connectivity index (χ4n) is 2.17. The number of aryl methyl sites for hydroxylation is 1. The monoisotopic (exact) mass is 360 g/mol. The zero-order chi connectivity index (χ0) is 18.4. The van der Waals surface area contributed by atoms with Gasteiger partial charge in [0, 0.05) is 18.7 Å². The van der Waals surface area contributed by atoms with E-state index in [9.17, 15) is 13.2 Å². The average Bonchev–Trinajstić information content (AvgIpc) is 2.59. The summed E-state index contributed by atoms with van der Waals surface area (Å²) in [5.74, 6) is 0.0522. The molecule has 0 unspecified atom stereocenters. The Morgan fingerprint density at radius 1 is 1.08 bits per heavy atom. The molecule has 0 saturated carbocycles. The number of hydrogen-bond acceptors (Lipinski definition) is 3. The van der Waals surface area contributed by atoms with Gasteiger partial charge in [-0.15, -0.1) is 0 Å². The minimum absolute atomic E-state index is 0.0804. The SMILES string of the molecule is Cc1ccc(CNS(=O)(=O)c2cccc(C(=O)NCC(C)C)c2)cc1. The third-order valence-electron chi connectivity index (χ3n) is 3.66. The predicted octanol–water partition coefficient (Wildman–Crippen LogP) is 2.86. The van der Waals surface area contributed by atoms with Crippen LogP contribution in [-0.4, -0.2) is 20.9 Å². The molecule has 1 amide bonds. The number of amides is 1. The highest BCUT2D eigenvalue weighted by Crippen LogP contribution is 2.13. The molecule has 0 aliphatic carbocycles. The number of hydrogen-bond donors (Lipinski definition) is 2. The normalized spacial score (nSPS) is 11.5. The van der Waals surface area contributed by atoms with Crippen LogP contribution >= 0.6 is 0 Å². The molecule has 0 spiro atoms. The Kier molecular flexibility index (Phi) is 6.33. The summed E-state index contributed by atoms with van der Waals surface area (Å²) >= 11 is 0. The van der Waals surface area contributed by atoms with E-state index in [1.807, 2.05) is 45.0 Å². The van der Waals surface area contributed by atoms with Crippen LogP contribution in [0.1, 0.15) is 35.3 Å². The van der Waals surface area contributed by atoms with Gasteiger partial charge in [0.15, 0.2) is 0 Å². The summed E-state index contributed by atoms with van der Waals surface area (Å²) in [4.78, 5) is 12.2. The van der Waals surface area contributed by atoms with E-state index in [0.717, 1.165) is 11.1 Å². The summed E-state index contributed by atoms with van der Waals surface area (Å²) < 4.78 is 27.5. The predicted molar refractivity (Wildman–Crippen MR) is 98.8 cm³/mol. The van der Waals surface area contributed by atoms with Crippen molar-refractivity contribution in [3.63, 3.8) is 0 Å². The average molecular weight is 360 g/mol. The number of nitrogens with one attached hydrogen (secondary N) is 2. The number of sulfonamides is 1. The van der Waals surface area contributed by atoms with Gasteiger partial charge in [-0.2, -0.15) is 0 Å². The van der Waals surface area contributed by atoms with Crippen molar-refractivity contribution in [2.75, 3.05) is 6.54 Å².